The highest BCUT2D eigenvalue weighted by atomic mass is 32.2. The summed E-state index contributed by atoms with van der Waals surface area (Å²) in [5.74, 6) is -0.523. The van der Waals surface area contributed by atoms with Crippen molar-refractivity contribution in [3.05, 3.63) is 34.9 Å². The van der Waals surface area contributed by atoms with Crippen molar-refractivity contribution in [2.75, 3.05) is 11.5 Å². The monoisotopic (exact) mass is 395 g/mol. The molecule has 0 aromatic heterocycles. The largest absolute Gasteiger partial charge is 0.449 e. The number of carbonyl (C=O) groups excluding carboxylic acids is 2. The van der Waals surface area contributed by atoms with Crippen LogP contribution in [0.25, 0.3) is 0 Å². The third kappa shape index (κ3) is 5.54. The number of sulfone groups is 1. The Morgan fingerprint density at radius 2 is 1.78 bits per heavy atom. The zero-order valence-electron chi connectivity index (χ0n) is 16.6. The Balaban J connectivity index is 2.06. The van der Waals surface area contributed by atoms with Crippen molar-refractivity contribution < 1.29 is 22.7 Å². The summed E-state index contributed by atoms with van der Waals surface area (Å²) in [6, 6.07) is 5.25. The summed E-state index contributed by atoms with van der Waals surface area (Å²) < 4.78 is 28.3. The van der Waals surface area contributed by atoms with Crippen LogP contribution >= 0.6 is 0 Å². The third-order valence-electron chi connectivity index (χ3n) is 4.82. The third-order valence-corrected chi connectivity index (χ3v) is 6.58. The Morgan fingerprint density at radius 3 is 2.30 bits per heavy atom. The van der Waals surface area contributed by atoms with Crippen molar-refractivity contribution in [3.63, 3.8) is 0 Å². The molecular weight excluding hydrogens is 366 g/mol. The van der Waals surface area contributed by atoms with Crippen LogP contribution in [0.1, 0.15) is 74.4 Å². The molecule has 6 nitrogen and oxygen atoms in total. The molecule has 1 saturated heterocycles. The lowest BCUT2D eigenvalue weighted by Crippen LogP contribution is -2.42. The molecule has 1 amide bonds. The predicted molar refractivity (Wildman–Crippen MR) is 105 cm³/mol. The Labute approximate surface area is 161 Å². The van der Waals surface area contributed by atoms with Gasteiger partial charge in [0.05, 0.1) is 17.1 Å². The number of rotatable bonds is 6. The summed E-state index contributed by atoms with van der Waals surface area (Å²) in [4.78, 5) is 24.9. The van der Waals surface area contributed by atoms with Crippen molar-refractivity contribution in [2.45, 2.75) is 65.0 Å². The molecule has 0 aliphatic carbocycles. The smallest absolute Gasteiger partial charge is 0.339 e. The summed E-state index contributed by atoms with van der Waals surface area (Å²) in [5.41, 5.74) is 2.49. The molecule has 27 heavy (non-hydrogen) atoms. The highest BCUT2D eigenvalue weighted by Crippen LogP contribution is 2.26. The first-order valence-electron chi connectivity index (χ1n) is 9.35. The standard InChI is InChI=1S/C20H29NO5S/c1-12(2)15-6-7-17(18(10-15)13(3)4)20(23)26-14(5)19(22)21-16-8-9-27(24,25)11-16/h6-7,10,12-14,16H,8-9,11H2,1-5H3,(H,21,22)/t14-,16+/m0/s1. The average Bonchev–Trinajstić information content (AvgIpc) is 2.92. The zero-order chi connectivity index (χ0) is 20.4. The lowest BCUT2D eigenvalue weighted by atomic mass is 9.91. The summed E-state index contributed by atoms with van der Waals surface area (Å²) in [6.45, 7) is 9.69. The second-order valence-electron chi connectivity index (χ2n) is 7.81. The van der Waals surface area contributed by atoms with Crippen LogP contribution in [0, 0.1) is 0 Å². The minimum absolute atomic E-state index is 0.0619. The fourth-order valence-electron chi connectivity index (χ4n) is 3.11. The molecule has 150 valence electrons. The molecule has 2 rings (SSSR count). The maximum absolute atomic E-state index is 12.6. The quantitative estimate of drug-likeness (QED) is 0.748. The topological polar surface area (TPSA) is 89.5 Å². The summed E-state index contributed by atoms with van der Waals surface area (Å²) >= 11 is 0. The van der Waals surface area contributed by atoms with E-state index in [4.69, 9.17) is 4.74 Å². The van der Waals surface area contributed by atoms with Gasteiger partial charge in [0.15, 0.2) is 15.9 Å². The van der Waals surface area contributed by atoms with Gasteiger partial charge in [-0.1, -0.05) is 39.8 Å². The highest BCUT2D eigenvalue weighted by Gasteiger charge is 2.31. The van der Waals surface area contributed by atoms with Gasteiger partial charge in [-0.3, -0.25) is 4.79 Å². The van der Waals surface area contributed by atoms with Crippen molar-refractivity contribution in [1.82, 2.24) is 5.32 Å². The van der Waals surface area contributed by atoms with Crippen LogP contribution in [-0.2, 0) is 19.4 Å². The molecule has 1 aromatic rings. The van der Waals surface area contributed by atoms with Crippen molar-refractivity contribution in [1.29, 1.82) is 0 Å². The average molecular weight is 396 g/mol. The van der Waals surface area contributed by atoms with Gasteiger partial charge in [-0.2, -0.15) is 0 Å². The van der Waals surface area contributed by atoms with Gasteiger partial charge in [-0.15, -0.1) is 0 Å². The van der Waals surface area contributed by atoms with E-state index < -0.39 is 33.9 Å². The Kier molecular flexibility index (Phi) is 6.68. The van der Waals surface area contributed by atoms with Crippen LogP contribution in [0.15, 0.2) is 18.2 Å². The van der Waals surface area contributed by atoms with Crippen LogP contribution in [0.3, 0.4) is 0 Å². The fraction of sp³-hybridized carbons (Fsp3) is 0.600. The molecule has 1 fully saturated rings. The van der Waals surface area contributed by atoms with Crippen LogP contribution < -0.4 is 5.32 Å². The van der Waals surface area contributed by atoms with Gasteiger partial charge >= 0.3 is 5.97 Å². The zero-order valence-corrected chi connectivity index (χ0v) is 17.4. The van der Waals surface area contributed by atoms with Crippen molar-refractivity contribution in [2.24, 2.45) is 0 Å². The van der Waals surface area contributed by atoms with E-state index in [1.165, 1.54) is 6.92 Å². The molecule has 0 saturated carbocycles. The molecule has 1 aliphatic heterocycles. The Hall–Kier alpha value is -1.89. The number of amides is 1. The number of hydrogen-bond donors (Lipinski definition) is 1. The van der Waals surface area contributed by atoms with Crippen LogP contribution in [0.2, 0.25) is 0 Å². The lowest BCUT2D eigenvalue weighted by Gasteiger charge is -2.19. The SMILES string of the molecule is CC(C)c1ccc(C(=O)O[C@@H](C)C(=O)N[C@@H]2CCS(=O)(=O)C2)c(C(C)C)c1. The van der Waals surface area contributed by atoms with E-state index in [1.807, 2.05) is 26.0 Å². The molecule has 1 N–H and O–H groups in total. The lowest BCUT2D eigenvalue weighted by molar-refractivity contribution is -0.129. The van der Waals surface area contributed by atoms with E-state index >= 15 is 0 Å². The van der Waals surface area contributed by atoms with E-state index in [-0.39, 0.29) is 17.4 Å². The maximum atomic E-state index is 12.6. The van der Waals surface area contributed by atoms with Crippen LogP contribution in [-0.4, -0.2) is 43.9 Å². The molecule has 0 spiro atoms. The first-order chi connectivity index (χ1) is 12.5. The molecule has 2 atom stereocenters. The molecule has 1 aliphatic rings. The number of benzene rings is 1. The van der Waals surface area contributed by atoms with E-state index in [1.54, 1.807) is 6.07 Å². The normalized spacial score (nSPS) is 19.9. The summed E-state index contributed by atoms with van der Waals surface area (Å²) in [6.07, 6.45) is -0.603. The van der Waals surface area contributed by atoms with Gasteiger partial charge in [-0.05, 0) is 42.4 Å². The molecule has 1 aromatic carbocycles. The molecule has 7 heteroatoms. The number of nitrogens with one attached hydrogen (secondary N) is 1. The van der Waals surface area contributed by atoms with Gasteiger partial charge in [0.1, 0.15) is 0 Å². The molecule has 0 unspecified atom stereocenters. The van der Waals surface area contributed by atoms with Gasteiger partial charge in [0.2, 0.25) is 0 Å². The number of carbonyl (C=O) groups is 2. The number of esters is 1. The van der Waals surface area contributed by atoms with Gasteiger partial charge < -0.3 is 10.1 Å². The second kappa shape index (κ2) is 8.42. The van der Waals surface area contributed by atoms with E-state index in [9.17, 15) is 18.0 Å². The van der Waals surface area contributed by atoms with E-state index in [2.05, 4.69) is 19.2 Å². The molecule has 0 radical (unpaired) electrons. The fourth-order valence-corrected chi connectivity index (χ4v) is 4.78. The van der Waals surface area contributed by atoms with Gasteiger partial charge in [-0.25, -0.2) is 13.2 Å². The van der Waals surface area contributed by atoms with Gasteiger partial charge in [0, 0.05) is 6.04 Å². The second-order valence-corrected chi connectivity index (χ2v) is 10.0. The Bertz CT molecular complexity index is 814. The van der Waals surface area contributed by atoms with E-state index in [0.29, 0.717) is 17.9 Å². The Morgan fingerprint density at radius 1 is 1.11 bits per heavy atom. The predicted octanol–water partition coefficient (Wildman–Crippen LogP) is 2.78. The minimum atomic E-state index is -3.08. The van der Waals surface area contributed by atoms with Crippen LogP contribution in [0.5, 0.6) is 0 Å². The van der Waals surface area contributed by atoms with Gasteiger partial charge in [0.25, 0.3) is 5.91 Å². The molecule has 1 heterocycles. The maximum Gasteiger partial charge on any atom is 0.339 e. The first kappa shape index (κ1) is 21.4. The number of hydrogen-bond acceptors (Lipinski definition) is 5. The van der Waals surface area contributed by atoms with Crippen molar-refractivity contribution >= 4 is 21.7 Å². The summed E-state index contributed by atoms with van der Waals surface area (Å²) in [5, 5.41) is 2.66. The number of ether oxygens (including phenoxy) is 1. The van der Waals surface area contributed by atoms with E-state index in [0.717, 1.165) is 11.1 Å². The van der Waals surface area contributed by atoms with Crippen LogP contribution in [0.4, 0.5) is 0 Å². The highest BCUT2D eigenvalue weighted by molar-refractivity contribution is 7.91. The minimum Gasteiger partial charge on any atom is -0.449 e. The molecule has 0 bridgehead atoms. The first-order valence-corrected chi connectivity index (χ1v) is 11.2. The van der Waals surface area contributed by atoms with Crippen molar-refractivity contribution in [3.8, 4) is 0 Å². The molecular formula is C20H29NO5S. The summed E-state index contributed by atoms with van der Waals surface area (Å²) in [7, 11) is -3.08.